The zero-order valence-electron chi connectivity index (χ0n) is 17.5. The monoisotopic (exact) mass is 393 g/mol. The lowest BCUT2D eigenvalue weighted by Gasteiger charge is -2.22. The molecule has 0 bridgehead atoms. The fourth-order valence-corrected chi connectivity index (χ4v) is 3.92. The van der Waals surface area contributed by atoms with E-state index >= 15 is 0 Å². The largest absolute Gasteiger partial charge is 0.326 e. The lowest BCUT2D eigenvalue weighted by molar-refractivity contribution is -0.120. The molecule has 2 N–H and O–H groups in total. The Morgan fingerprint density at radius 3 is 2.41 bits per heavy atom. The summed E-state index contributed by atoms with van der Waals surface area (Å²) in [6, 6.07) is 6.97. The van der Waals surface area contributed by atoms with Crippen LogP contribution >= 0.6 is 0 Å². The van der Waals surface area contributed by atoms with Crippen molar-refractivity contribution in [2.45, 2.75) is 58.8 Å². The summed E-state index contributed by atoms with van der Waals surface area (Å²) in [5.74, 6) is 0.312. The number of nitrogens with zero attached hydrogens (tertiary/aromatic N) is 1. The Morgan fingerprint density at radius 2 is 1.76 bits per heavy atom. The number of amides is 2. The van der Waals surface area contributed by atoms with Gasteiger partial charge in [-0.25, -0.2) is 5.43 Å². The van der Waals surface area contributed by atoms with Gasteiger partial charge >= 0.3 is 0 Å². The molecule has 29 heavy (non-hydrogen) atoms. The van der Waals surface area contributed by atoms with Crippen LogP contribution in [0.3, 0.4) is 0 Å². The average Bonchev–Trinajstić information content (AvgIpc) is 2.74. The maximum atomic E-state index is 12.4. The van der Waals surface area contributed by atoms with E-state index in [-0.39, 0.29) is 17.7 Å². The first-order chi connectivity index (χ1) is 13.9. The van der Waals surface area contributed by atoms with Crippen molar-refractivity contribution >= 4 is 23.2 Å². The normalized spacial score (nSPS) is 21.4. The Bertz CT molecular complexity index is 830. The van der Waals surface area contributed by atoms with E-state index in [0.717, 1.165) is 61.1 Å². The molecule has 3 rings (SSSR count). The number of rotatable bonds is 5. The van der Waals surface area contributed by atoms with E-state index in [0.29, 0.717) is 11.5 Å². The van der Waals surface area contributed by atoms with Gasteiger partial charge in [-0.05, 0) is 75.3 Å². The highest BCUT2D eigenvalue weighted by molar-refractivity contribution is 6.02. The first-order valence-electron chi connectivity index (χ1n) is 10.5. The molecule has 154 valence electrons. The molecule has 0 aliphatic heterocycles. The van der Waals surface area contributed by atoms with E-state index in [9.17, 15) is 9.59 Å². The lowest BCUT2D eigenvalue weighted by Crippen LogP contribution is -2.25. The van der Waals surface area contributed by atoms with E-state index in [1.54, 1.807) is 24.3 Å². The van der Waals surface area contributed by atoms with E-state index in [1.165, 1.54) is 6.42 Å². The van der Waals surface area contributed by atoms with Crippen LogP contribution in [0.2, 0.25) is 0 Å². The quantitative estimate of drug-likeness (QED) is 0.531. The second kappa shape index (κ2) is 9.68. The summed E-state index contributed by atoms with van der Waals surface area (Å²) < 4.78 is 0. The molecule has 1 saturated carbocycles. The summed E-state index contributed by atoms with van der Waals surface area (Å²) in [7, 11) is 0. The molecule has 0 spiro atoms. The van der Waals surface area contributed by atoms with Crippen molar-refractivity contribution in [1.29, 1.82) is 0 Å². The van der Waals surface area contributed by atoms with Gasteiger partial charge in [0, 0.05) is 17.2 Å². The van der Waals surface area contributed by atoms with E-state index in [1.807, 2.05) is 13.8 Å². The third-order valence-electron chi connectivity index (χ3n) is 5.98. The maximum absolute atomic E-state index is 12.4. The van der Waals surface area contributed by atoms with Crippen LogP contribution in [0.25, 0.3) is 0 Å². The third kappa shape index (κ3) is 5.66. The van der Waals surface area contributed by atoms with Gasteiger partial charge in [-0.1, -0.05) is 37.5 Å². The summed E-state index contributed by atoms with van der Waals surface area (Å²) >= 11 is 0. The summed E-state index contributed by atoms with van der Waals surface area (Å²) in [5, 5.41) is 7.31. The third-order valence-corrected chi connectivity index (χ3v) is 5.98. The Labute approximate surface area is 173 Å². The minimum Gasteiger partial charge on any atom is -0.326 e. The van der Waals surface area contributed by atoms with Crippen molar-refractivity contribution in [2.24, 2.45) is 16.9 Å². The molecule has 0 aromatic heterocycles. The number of nitrogens with one attached hydrogen (secondary N) is 2. The molecule has 1 fully saturated rings. The van der Waals surface area contributed by atoms with Crippen LogP contribution < -0.4 is 10.7 Å². The van der Waals surface area contributed by atoms with Gasteiger partial charge in [0.15, 0.2) is 0 Å². The highest BCUT2D eigenvalue weighted by Gasteiger charge is 2.21. The zero-order chi connectivity index (χ0) is 20.8. The van der Waals surface area contributed by atoms with Crippen LogP contribution in [-0.4, -0.2) is 17.5 Å². The van der Waals surface area contributed by atoms with Crippen LogP contribution in [0, 0.1) is 11.8 Å². The summed E-state index contributed by atoms with van der Waals surface area (Å²) in [6.45, 7) is 8.09. The molecule has 0 heterocycles. The van der Waals surface area contributed by atoms with Gasteiger partial charge in [0.2, 0.25) is 5.91 Å². The number of benzene rings is 1. The van der Waals surface area contributed by atoms with Crippen LogP contribution in [0.4, 0.5) is 5.69 Å². The topological polar surface area (TPSA) is 70.6 Å². The first-order valence-corrected chi connectivity index (χ1v) is 10.5. The van der Waals surface area contributed by atoms with Crippen molar-refractivity contribution in [3.63, 3.8) is 0 Å². The van der Waals surface area contributed by atoms with Crippen molar-refractivity contribution in [1.82, 2.24) is 5.43 Å². The Hall–Kier alpha value is -2.69. The number of carbonyl (C=O) groups is 2. The minimum absolute atomic E-state index is 0.0833. The smallest absolute Gasteiger partial charge is 0.271 e. The molecule has 2 aliphatic rings. The van der Waals surface area contributed by atoms with Gasteiger partial charge in [0.25, 0.3) is 5.91 Å². The number of hydrogen-bond acceptors (Lipinski definition) is 3. The van der Waals surface area contributed by atoms with Crippen molar-refractivity contribution in [2.75, 3.05) is 5.32 Å². The van der Waals surface area contributed by atoms with E-state index < -0.39 is 0 Å². The average molecular weight is 394 g/mol. The van der Waals surface area contributed by atoms with Gasteiger partial charge in [-0.2, -0.15) is 5.10 Å². The number of hydrogen-bond donors (Lipinski definition) is 2. The fraction of sp³-hybridized carbons (Fsp3) is 0.458. The minimum atomic E-state index is -0.257. The molecule has 2 aliphatic carbocycles. The zero-order valence-corrected chi connectivity index (χ0v) is 17.5. The fourth-order valence-electron chi connectivity index (χ4n) is 3.92. The summed E-state index contributed by atoms with van der Waals surface area (Å²) in [5.41, 5.74) is 7.03. The number of carbonyl (C=O) groups excluding carboxylic acids is 2. The lowest BCUT2D eigenvalue weighted by atomic mass is 9.85. The second-order valence-corrected chi connectivity index (χ2v) is 8.27. The highest BCUT2D eigenvalue weighted by atomic mass is 16.2. The van der Waals surface area contributed by atoms with E-state index in [2.05, 4.69) is 28.5 Å². The number of anilines is 1. The molecule has 1 atom stereocenters. The second-order valence-electron chi connectivity index (χ2n) is 8.27. The Kier molecular flexibility index (Phi) is 7.02. The molecule has 2 amide bonds. The van der Waals surface area contributed by atoms with Crippen LogP contribution in [0.5, 0.6) is 0 Å². The van der Waals surface area contributed by atoms with Crippen LogP contribution in [-0.2, 0) is 4.79 Å². The Morgan fingerprint density at radius 1 is 1.07 bits per heavy atom. The Balaban J connectivity index is 1.57. The van der Waals surface area contributed by atoms with Gasteiger partial charge in [0.1, 0.15) is 0 Å². The molecule has 0 saturated heterocycles. The van der Waals surface area contributed by atoms with Crippen molar-refractivity contribution < 1.29 is 9.59 Å². The standard InChI is InChI=1S/C24H31N3O2/c1-16(2)20-10-9-17(3)22(15-20)26-27-24(29)19-11-13-21(14-12-19)25-23(28)18-7-5-4-6-8-18/h9,11-14,18,20H,1,4-8,10,15H2,2-3H3,(H,25,28)(H,27,29)/b26-22-. The van der Waals surface area contributed by atoms with Gasteiger partial charge in [-0.3, -0.25) is 9.59 Å². The van der Waals surface area contributed by atoms with Crippen molar-refractivity contribution in [3.8, 4) is 0 Å². The van der Waals surface area contributed by atoms with Crippen LogP contribution in [0.1, 0.15) is 69.2 Å². The molecule has 1 aromatic carbocycles. The summed E-state index contributed by atoms with van der Waals surface area (Å²) in [6.07, 6.45) is 9.33. The molecule has 1 aromatic rings. The van der Waals surface area contributed by atoms with Gasteiger partial charge in [0.05, 0.1) is 5.71 Å². The molecule has 0 radical (unpaired) electrons. The molecule has 1 unspecified atom stereocenters. The number of allylic oxidation sites excluding steroid dienone is 3. The maximum Gasteiger partial charge on any atom is 0.271 e. The predicted molar refractivity (Wildman–Crippen MR) is 118 cm³/mol. The summed E-state index contributed by atoms with van der Waals surface area (Å²) in [4.78, 5) is 24.8. The van der Waals surface area contributed by atoms with Crippen LogP contribution in [0.15, 0.2) is 53.2 Å². The van der Waals surface area contributed by atoms with Gasteiger partial charge < -0.3 is 5.32 Å². The van der Waals surface area contributed by atoms with E-state index in [4.69, 9.17) is 0 Å². The molecular formula is C24H31N3O2. The molecular weight excluding hydrogens is 362 g/mol. The first kappa shape index (κ1) is 21.0. The molecule has 5 heteroatoms. The van der Waals surface area contributed by atoms with Crippen molar-refractivity contribution in [3.05, 3.63) is 53.6 Å². The SMILES string of the molecule is C=C(C)C1CC=C(C)/C(=N\NC(=O)c2ccc(NC(=O)C3CCCCC3)cc2)C1. The van der Waals surface area contributed by atoms with Gasteiger partial charge in [-0.15, -0.1) is 0 Å². The highest BCUT2D eigenvalue weighted by Crippen LogP contribution is 2.27. The predicted octanol–water partition coefficient (Wildman–Crippen LogP) is 5.22. The number of hydrazone groups is 1. The molecule has 5 nitrogen and oxygen atoms in total.